The fourth-order valence-corrected chi connectivity index (χ4v) is 7.20. The molecule has 5 nitrogen and oxygen atoms in total. The number of esters is 2. The summed E-state index contributed by atoms with van der Waals surface area (Å²) in [5.74, 6) is -0.458. The molecule has 376 valence electrons. The number of hydrogen-bond acceptors (Lipinski definition) is 5. The molecule has 0 saturated heterocycles. The maximum absolute atomic E-state index is 12.8. The number of rotatable bonds is 49. The van der Waals surface area contributed by atoms with Crippen LogP contribution in [-0.4, -0.2) is 37.9 Å². The minimum absolute atomic E-state index is 0.0460. The minimum atomic E-state index is -0.583. The van der Waals surface area contributed by atoms with Crippen LogP contribution in [0, 0.1) is 0 Å². The Morgan fingerprint density at radius 1 is 0.348 bits per heavy atom. The molecule has 0 amide bonds. The Morgan fingerprint density at radius 2 is 0.682 bits per heavy atom. The first-order chi connectivity index (χ1) is 32.6. The van der Waals surface area contributed by atoms with Crippen molar-refractivity contribution in [3.05, 3.63) is 109 Å². The van der Waals surface area contributed by atoms with Crippen LogP contribution >= 0.6 is 0 Å². The van der Waals surface area contributed by atoms with E-state index in [4.69, 9.17) is 14.2 Å². The molecule has 1 unspecified atom stereocenters. The van der Waals surface area contributed by atoms with Crippen LogP contribution in [0.15, 0.2) is 109 Å². The van der Waals surface area contributed by atoms with E-state index in [0.29, 0.717) is 19.4 Å². The fraction of sp³-hybridized carbons (Fsp3) is 0.672. The van der Waals surface area contributed by atoms with Crippen LogP contribution in [0.4, 0.5) is 0 Å². The Bertz CT molecular complexity index is 1310. The van der Waals surface area contributed by atoms with Gasteiger partial charge in [-0.25, -0.2) is 0 Å². The quantitative estimate of drug-likeness (QED) is 0.0346. The van der Waals surface area contributed by atoms with Crippen molar-refractivity contribution in [2.75, 3.05) is 19.8 Å². The molecule has 0 saturated carbocycles. The van der Waals surface area contributed by atoms with Crippen molar-refractivity contribution >= 4 is 11.9 Å². The Kier molecular flexibility index (Phi) is 53.0. The predicted molar refractivity (Wildman–Crippen MR) is 288 cm³/mol. The van der Waals surface area contributed by atoms with Crippen molar-refractivity contribution in [1.82, 2.24) is 0 Å². The number of hydrogen-bond donors (Lipinski definition) is 0. The van der Waals surface area contributed by atoms with E-state index in [9.17, 15) is 9.59 Å². The van der Waals surface area contributed by atoms with Gasteiger partial charge in [0, 0.05) is 19.4 Å². The second kappa shape index (κ2) is 55.9. The van der Waals surface area contributed by atoms with E-state index < -0.39 is 6.10 Å². The SMILES string of the molecule is CC/C=C\C/C=C\C/C=C\C/C=C\C/C=C\C/C=C\CCCOCC(COC(=O)CCCCCCC/C=C\C/C=C\CCCCC)OC(=O)CCCCCCC/C=C\CCCCCCCC. The van der Waals surface area contributed by atoms with Crippen LogP contribution < -0.4 is 0 Å². The lowest BCUT2D eigenvalue weighted by atomic mass is 10.1. The molecule has 0 bridgehead atoms. The first-order valence-electron chi connectivity index (χ1n) is 27.4. The van der Waals surface area contributed by atoms with Gasteiger partial charge in [-0.15, -0.1) is 0 Å². The Hall–Kier alpha value is -3.44. The van der Waals surface area contributed by atoms with Crippen molar-refractivity contribution < 1.29 is 23.8 Å². The van der Waals surface area contributed by atoms with E-state index in [-0.39, 0.29) is 25.2 Å². The molecular weight excluding hydrogens is 813 g/mol. The zero-order valence-electron chi connectivity index (χ0n) is 43.2. The molecule has 5 heteroatoms. The van der Waals surface area contributed by atoms with Gasteiger partial charge in [-0.05, 0) is 122 Å². The molecule has 0 spiro atoms. The zero-order chi connectivity index (χ0) is 47.7. The van der Waals surface area contributed by atoms with Gasteiger partial charge in [0.05, 0.1) is 6.61 Å². The van der Waals surface area contributed by atoms with Crippen molar-refractivity contribution in [1.29, 1.82) is 0 Å². The standard InChI is InChI=1S/C61H102O5/c1-4-7-10-13-16-19-22-25-28-29-30-31-32-35-38-41-44-47-50-53-56-64-57-59(66-61(63)55-52-49-46-43-40-37-34-27-24-21-18-15-12-9-6-3)58-65-60(62)54-51-48-45-42-39-36-33-26-23-20-17-14-11-8-5-2/h7,10,16-17,19-20,25-28,30-31,33-35,38,44,47,59H,4-6,8-9,11-15,18,21-24,29,32,36-37,39-43,45-46,48-58H2,1-3H3/b10-7-,19-16-,20-17-,28-25-,31-30-,33-26-,34-27-,38-35-,47-44-. The molecule has 0 aromatic rings. The molecule has 0 heterocycles. The van der Waals surface area contributed by atoms with Gasteiger partial charge in [0.1, 0.15) is 6.61 Å². The normalized spacial score (nSPS) is 13.1. The molecule has 66 heavy (non-hydrogen) atoms. The third kappa shape index (κ3) is 53.2. The molecule has 0 radical (unpaired) electrons. The van der Waals surface area contributed by atoms with Gasteiger partial charge in [0.25, 0.3) is 0 Å². The number of carbonyl (C=O) groups excluding carboxylic acids is 2. The summed E-state index contributed by atoms with van der Waals surface area (Å²) in [6.45, 7) is 7.52. The monoisotopic (exact) mass is 915 g/mol. The van der Waals surface area contributed by atoms with Crippen LogP contribution in [-0.2, 0) is 23.8 Å². The van der Waals surface area contributed by atoms with Crippen molar-refractivity contribution in [3.8, 4) is 0 Å². The second-order valence-corrected chi connectivity index (χ2v) is 17.7. The number of ether oxygens (including phenoxy) is 3. The molecule has 0 aliphatic carbocycles. The molecule has 0 aromatic heterocycles. The molecule has 0 rings (SSSR count). The highest BCUT2D eigenvalue weighted by Gasteiger charge is 2.17. The van der Waals surface area contributed by atoms with Gasteiger partial charge in [-0.3, -0.25) is 9.59 Å². The van der Waals surface area contributed by atoms with E-state index in [1.165, 1.54) is 96.3 Å². The highest BCUT2D eigenvalue weighted by Crippen LogP contribution is 2.13. The highest BCUT2D eigenvalue weighted by atomic mass is 16.6. The van der Waals surface area contributed by atoms with Gasteiger partial charge >= 0.3 is 11.9 Å². The Labute approximate surface area is 408 Å². The average molecular weight is 915 g/mol. The molecule has 1 atom stereocenters. The maximum atomic E-state index is 12.8. The fourth-order valence-electron chi connectivity index (χ4n) is 7.20. The van der Waals surface area contributed by atoms with Gasteiger partial charge in [0.15, 0.2) is 6.10 Å². The van der Waals surface area contributed by atoms with E-state index in [2.05, 4.69) is 130 Å². The Balaban J connectivity index is 4.43. The summed E-state index contributed by atoms with van der Waals surface area (Å²) in [5, 5.41) is 0. The van der Waals surface area contributed by atoms with Gasteiger partial charge < -0.3 is 14.2 Å². The minimum Gasteiger partial charge on any atom is -0.462 e. The molecule has 0 aliphatic heterocycles. The summed E-state index contributed by atoms with van der Waals surface area (Å²) in [5.41, 5.74) is 0. The Morgan fingerprint density at radius 3 is 1.14 bits per heavy atom. The van der Waals surface area contributed by atoms with Crippen LogP contribution in [0.25, 0.3) is 0 Å². The predicted octanol–water partition coefficient (Wildman–Crippen LogP) is 18.8. The highest BCUT2D eigenvalue weighted by molar-refractivity contribution is 5.70. The molecule has 0 N–H and O–H groups in total. The molecule has 0 aliphatic rings. The van der Waals surface area contributed by atoms with Gasteiger partial charge in [-0.2, -0.15) is 0 Å². The molecule has 0 fully saturated rings. The first kappa shape index (κ1) is 62.6. The summed E-state index contributed by atoms with van der Waals surface area (Å²) in [4.78, 5) is 25.4. The average Bonchev–Trinajstić information content (AvgIpc) is 3.32. The first-order valence-corrected chi connectivity index (χ1v) is 27.4. The third-order valence-corrected chi connectivity index (χ3v) is 11.3. The molecular formula is C61H102O5. The summed E-state index contributed by atoms with van der Waals surface area (Å²) in [7, 11) is 0. The largest absolute Gasteiger partial charge is 0.462 e. The van der Waals surface area contributed by atoms with Crippen molar-refractivity contribution in [2.45, 2.75) is 245 Å². The third-order valence-electron chi connectivity index (χ3n) is 11.3. The van der Waals surface area contributed by atoms with Crippen molar-refractivity contribution in [3.63, 3.8) is 0 Å². The van der Waals surface area contributed by atoms with E-state index in [0.717, 1.165) is 109 Å². The summed E-state index contributed by atoms with van der Waals surface area (Å²) in [6.07, 6.45) is 76.8. The van der Waals surface area contributed by atoms with Crippen LogP contribution in [0.1, 0.15) is 239 Å². The van der Waals surface area contributed by atoms with E-state index in [1.807, 2.05) is 0 Å². The lowest BCUT2D eigenvalue weighted by molar-refractivity contribution is -0.163. The number of unbranched alkanes of at least 4 members (excludes halogenated alkanes) is 20. The lowest BCUT2D eigenvalue weighted by Crippen LogP contribution is -2.30. The number of carbonyl (C=O) groups is 2. The van der Waals surface area contributed by atoms with Crippen LogP contribution in [0.2, 0.25) is 0 Å². The van der Waals surface area contributed by atoms with Crippen LogP contribution in [0.5, 0.6) is 0 Å². The van der Waals surface area contributed by atoms with Gasteiger partial charge in [0.2, 0.25) is 0 Å². The topological polar surface area (TPSA) is 61.8 Å². The van der Waals surface area contributed by atoms with E-state index in [1.54, 1.807) is 0 Å². The number of allylic oxidation sites excluding steroid dienone is 18. The second-order valence-electron chi connectivity index (χ2n) is 17.7. The summed E-state index contributed by atoms with van der Waals surface area (Å²) in [6, 6.07) is 0. The lowest BCUT2D eigenvalue weighted by Gasteiger charge is -2.18. The summed E-state index contributed by atoms with van der Waals surface area (Å²) >= 11 is 0. The smallest absolute Gasteiger partial charge is 0.306 e. The zero-order valence-corrected chi connectivity index (χ0v) is 43.2. The van der Waals surface area contributed by atoms with Crippen molar-refractivity contribution in [2.24, 2.45) is 0 Å². The summed E-state index contributed by atoms with van der Waals surface area (Å²) < 4.78 is 17.4. The van der Waals surface area contributed by atoms with Crippen LogP contribution in [0.3, 0.4) is 0 Å². The molecule has 0 aromatic carbocycles. The van der Waals surface area contributed by atoms with Gasteiger partial charge in [-0.1, -0.05) is 214 Å². The maximum Gasteiger partial charge on any atom is 0.306 e. The van der Waals surface area contributed by atoms with E-state index >= 15 is 0 Å².